The third-order valence-corrected chi connectivity index (χ3v) is 3.59. The first-order valence-corrected chi connectivity index (χ1v) is 5.43. The molecule has 0 saturated heterocycles. The van der Waals surface area contributed by atoms with Gasteiger partial charge in [0, 0.05) is 0 Å². The van der Waals surface area contributed by atoms with Crippen LogP contribution in [0.4, 0.5) is 0 Å². The maximum atomic E-state index is 8.71. The summed E-state index contributed by atoms with van der Waals surface area (Å²) in [6.07, 6.45) is 0.897. The fourth-order valence-electron chi connectivity index (χ4n) is 1.32. The maximum Gasteiger partial charge on any atom is 0.195 e. The van der Waals surface area contributed by atoms with Crippen LogP contribution in [0.2, 0.25) is 5.02 Å². The number of fused-ring (bicyclic) bond motifs is 1. The molecule has 1 aromatic carbocycles. The third-order valence-electron chi connectivity index (χ3n) is 2.05. The van der Waals surface area contributed by atoms with E-state index in [1.165, 1.54) is 11.3 Å². The van der Waals surface area contributed by atoms with Crippen LogP contribution in [0.3, 0.4) is 0 Å². The lowest BCUT2D eigenvalue weighted by Gasteiger charge is -1.99. The highest BCUT2D eigenvalue weighted by Gasteiger charge is 2.09. The van der Waals surface area contributed by atoms with Crippen molar-refractivity contribution >= 4 is 33.2 Å². The van der Waals surface area contributed by atoms with Crippen LogP contribution < -0.4 is 0 Å². The molecule has 14 heavy (non-hydrogen) atoms. The Hall–Kier alpha value is -1.11. The quantitative estimate of drug-likeness (QED) is 0.742. The summed E-state index contributed by atoms with van der Waals surface area (Å²) < 4.78 is 0.919. The monoisotopic (exact) mass is 222 g/mol. The van der Waals surface area contributed by atoms with Crippen LogP contribution in [-0.2, 0) is 6.42 Å². The first kappa shape index (κ1) is 9.45. The summed E-state index contributed by atoms with van der Waals surface area (Å²) in [6.45, 7) is 2.05. The second-order valence-corrected chi connectivity index (χ2v) is 4.25. The van der Waals surface area contributed by atoms with E-state index in [0.29, 0.717) is 5.01 Å². The second kappa shape index (κ2) is 3.56. The summed E-state index contributed by atoms with van der Waals surface area (Å²) in [5, 5.41) is 9.92. The highest BCUT2D eigenvalue weighted by Crippen LogP contribution is 2.31. The molecule has 0 unspecified atom stereocenters. The molecule has 0 aliphatic heterocycles. The number of hydrogen-bond donors (Lipinski definition) is 0. The van der Waals surface area contributed by atoms with E-state index in [2.05, 4.69) is 11.9 Å². The molecule has 2 nitrogen and oxygen atoms in total. The van der Waals surface area contributed by atoms with Crippen LogP contribution in [0.1, 0.15) is 17.5 Å². The molecular formula is C10H7ClN2S. The number of thiazole rings is 1. The normalized spacial score (nSPS) is 10.4. The highest BCUT2D eigenvalue weighted by molar-refractivity contribution is 7.19. The Balaban J connectivity index is 2.76. The molecule has 0 amide bonds. The molecule has 0 spiro atoms. The molecular weight excluding hydrogens is 216 g/mol. The minimum absolute atomic E-state index is 0.468. The molecule has 70 valence electrons. The smallest absolute Gasteiger partial charge is 0.195 e. The van der Waals surface area contributed by atoms with Gasteiger partial charge in [0.25, 0.3) is 0 Å². The number of hydrogen-bond acceptors (Lipinski definition) is 3. The number of benzene rings is 1. The SMILES string of the molecule is CCc1ccc2nc(C#N)sc2c1Cl. The van der Waals surface area contributed by atoms with E-state index in [1.54, 1.807) is 0 Å². The van der Waals surface area contributed by atoms with E-state index in [-0.39, 0.29) is 0 Å². The molecule has 0 aliphatic carbocycles. The molecule has 0 N–H and O–H groups in total. The van der Waals surface area contributed by atoms with Crippen LogP contribution in [0, 0.1) is 11.3 Å². The molecule has 0 bridgehead atoms. The van der Waals surface area contributed by atoms with Crippen molar-refractivity contribution in [1.29, 1.82) is 5.26 Å². The standard InChI is InChI=1S/C10H7ClN2S/c1-2-6-3-4-7-10(9(6)11)14-8(5-12)13-7/h3-4H,2H2,1H3. The molecule has 1 heterocycles. The van der Waals surface area contributed by atoms with Gasteiger partial charge < -0.3 is 0 Å². The zero-order chi connectivity index (χ0) is 10.1. The van der Waals surface area contributed by atoms with Crippen LogP contribution in [0.15, 0.2) is 12.1 Å². The minimum Gasteiger partial charge on any atom is -0.226 e. The average Bonchev–Trinajstić information content (AvgIpc) is 2.62. The first-order valence-electron chi connectivity index (χ1n) is 4.24. The predicted molar refractivity (Wildman–Crippen MR) is 58.7 cm³/mol. The largest absolute Gasteiger partial charge is 0.226 e. The Kier molecular flexibility index (Phi) is 2.40. The van der Waals surface area contributed by atoms with Gasteiger partial charge in [0.2, 0.25) is 0 Å². The number of rotatable bonds is 1. The predicted octanol–water partition coefficient (Wildman–Crippen LogP) is 3.38. The van der Waals surface area contributed by atoms with E-state index in [0.717, 1.165) is 27.2 Å². The van der Waals surface area contributed by atoms with Gasteiger partial charge in [-0.1, -0.05) is 24.6 Å². The molecule has 2 aromatic rings. The van der Waals surface area contributed by atoms with Crippen molar-refractivity contribution in [3.8, 4) is 6.07 Å². The molecule has 4 heteroatoms. The van der Waals surface area contributed by atoms with E-state index in [9.17, 15) is 0 Å². The van der Waals surface area contributed by atoms with Gasteiger partial charge in [0.15, 0.2) is 5.01 Å². The molecule has 0 fully saturated rings. The van der Waals surface area contributed by atoms with Gasteiger partial charge in [0.05, 0.1) is 15.2 Å². The van der Waals surface area contributed by atoms with Crippen molar-refractivity contribution in [2.24, 2.45) is 0 Å². The van der Waals surface area contributed by atoms with Gasteiger partial charge in [-0.05, 0) is 18.1 Å². The number of aromatic nitrogens is 1. The van der Waals surface area contributed by atoms with E-state index in [4.69, 9.17) is 16.9 Å². The van der Waals surface area contributed by atoms with E-state index < -0.39 is 0 Å². The summed E-state index contributed by atoms with van der Waals surface area (Å²) >= 11 is 7.52. The Morgan fingerprint density at radius 3 is 3.00 bits per heavy atom. The van der Waals surface area contributed by atoms with Gasteiger partial charge in [0.1, 0.15) is 6.07 Å². The van der Waals surface area contributed by atoms with E-state index in [1.807, 2.05) is 18.2 Å². The lowest BCUT2D eigenvalue weighted by molar-refractivity contribution is 1.15. The zero-order valence-electron chi connectivity index (χ0n) is 7.54. The molecule has 1 aromatic heterocycles. The minimum atomic E-state index is 0.468. The van der Waals surface area contributed by atoms with Crippen LogP contribution in [-0.4, -0.2) is 4.98 Å². The molecule has 0 radical (unpaired) electrons. The average molecular weight is 223 g/mol. The second-order valence-electron chi connectivity index (χ2n) is 2.87. The Morgan fingerprint density at radius 2 is 2.36 bits per heavy atom. The van der Waals surface area contributed by atoms with Gasteiger partial charge in [-0.2, -0.15) is 5.26 Å². The van der Waals surface area contributed by atoms with Crippen LogP contribution in [0.25, 0.3) is 10.2 Å². The topological polar surface area (TPSA) is 36.7 Å². The maximum absolute atomic E-state index is 8.71. The van der Waals surface area contributed by atoms with Gasteiger partial charge in [-0.15, -0.1) is 11.3 Å². The van der Waals surface area contributed by atoms with Gasteiger partial charge in [-0.25, -0.2) is 4.98 Å². The molecule has 2 rings (SSSR count). The summed E-state index contributed by atoms with van der Waals surface area (Å²) in [4.78, 5) is 4.14. The van der Waals surface area contributed by atoms with Crippen molar-refractivity contribution in [3.05, 3.63) is 27.7 Å². The van der Waals surface area contributed by atoms with E-state index >= 15 is 0 Å². The molecule has 0 saturated carbocycles. The number of aryl methyl sites for hydroxylation is 1. The summed E-state index contributed by atoms with van der Waals surface area (Å²) in [5.41, 5.74) is 1.92. The Morgan fingerprint density at radius 1 is 1.57 bits per heavy atom. The molecule has 0 atom stereocenters. The lowest BCUT2D eigenvalue weighted by Crippen LogP contribution is -1.81. The summed E-state index contributed by atoms with van der Waals surface area (Å²) in [5.74, 6) is 0. The number of halogens is 1. The van der Waals surface area contributed by atoms with Crippen molar-refractivity contribution in [2.75, 3.05) is 0 Å². The number of nitriles is 1. The Labute approximate surface area is 90.8 Å². The zero-order valence-corrected chi connectivity index (χ0v) is 9.11. The summed E-state index contributed by atoms with van der Waals surface area (Å²) in [7, 11) is 0. The fraction of sp³-hybridized carbons (Fsp3) is 0.200. The lowest BCUT2D eigenvalue weighted by atomic mass is 10.2. The first-order chi connectivity index (χ1) is 6.76. The fourth-order valence-corrected chi connectivity index (χ4v) is 2.55. The van der Waals surface area contributed by atoms with Crippen molar-refractivity contribution < 1.29 is 0 Å². The molecule has 0 aliphatic rings. The van der Waals surface area contributed by atoms with Gasteiger partial charge in [-0.3, -0.25) is 0 Å². The number of nitrogens with zero attached hydrogens (tertiary/aromatic N) is 2. The third kappa shape index (κ3) is 1.37. The van der Waals surface area contributed by atoms with Crippen molar-refractivity contribution in [2.45, 2.75) is 13.3 Å². The van der Waals surface area contributed by atoms with Crippen molar-refractivity contribution in [1.82, 2.24) is 4.98 Å². The van der Waals surface area contributed by atoms with Gasteiger partial charge >= 0.3 is 0 Å². The summed E-state index contributed by atoms with van der Waals surface area (Å²) in [6, 6.07) is 5.91. The van der Waals surface area contributed by atoms with Crippen molar-refractivity contribution in [3.63, 3.8) is 0 Å². The van der Waals surface area contributed by atoms with Crippen LogP contribution >= 0.6 is 22.9 Å². The Bertz CT molecular complexity index is 525. The highest BCUT2D eigenvalue weighted by atomic mass is 35.5. The van der Waals surface area contributed by atoms with Crippen LogP contribution in [0.5, 0.6) is 0 Å².